The summed E-state index contributed by atoms with van der Waals surface area (Å²) in [6.07, 6.45) is 2.25. The summed E-state index contributed by atoms with van der Waals surface area (Å²) in [4.78, 5) is 16.6. The number of alkyl halides is 3. The van der Waals surface area contributed by atoms with Crippen LogP contribution in [0.4, 0.5) is 19.0 Å². The molecule has 1 heterocycles. The fraction of sp³-hybridized carbons (Fsp3) is 0.238. The SMILES string of the molecule is CC(=O)c1cc(NCc2ccc(C(F)(F)F)cc2)nc2c1=CCC(C)=CC=2. The summed E-state index contributed by atoms with van der Waals surface area (Å²) in [5, 5.41) is 4.62. The highest BCUT2D eigenvalue weighted by atomic mass is 19.4. The predicted octanol–water partition coefficient (Wildman–Crippen LogP) is 3.83. The Morgan fingerprint density at radius 3 is 2.52 bits per heavy atom. The Balaban J connectivity index is 1.88. The van der Waals surface area contributed by atoms with Gasteiger partial charge in [-0.3, -0.25) is 4.79 Å². The number of pyridine rings is 1. The van der Waals surface area contributed by atoms with Gasteiger partial charge >= 0.3 is 6.18 Å². The van der Waals surface area contributed by atoms with E-state index in [0.29, 0.717) is 28.8 Å². The van der Waals surface area contributed by atoms with Crippen LogP contribution in [0.15, 0.2) is 42.0 Å². The third-order valence-corrected chi connectivity index (χ3v) is 4.38. The first-order valence-corrected chi connectivity index (χ1v) is 8.54. The average Bonchev–Trinajstić information content (AvgIpc) is 2.80. The molecule has 6 heteroatoms. The first kappa shape index (κ1) is 18.9. The third-order valence-electron chi connectivity index (χ3n) is 4.38. The molecule has 0 amide bonds. The Morgan fingerprint density at radius 2 is 1.89 bits per heavy atom. The third kappa shape index (κ3) is 4.45. The van der Waals surface area contributed by atoms with Crippen molar-refractivity contribution >= 4 is 23.8 Å². The molecule has 0 bridgehead atoms. The Hall–Kier alpha value is -2.89. The zero-order valence-corrected chi connectivity index (χ0v) is 15.0. The molecule has 0 spiro atoms. The molecule has 0 aliphatic heterocycles. The highest BCUT2D eigenvalue weighted by Crippen LogP contribution is 2.29. The molecule has 1 aliphatic carbocycles. The molecule has 0 unspecified atom stereocenters. The quantitative estimate of drug-likeness (QED) is 0.830. The van der Waals surface area contributed by atoms with E-state index >= 15 is 0 Å². The van der Waals surface area contributed by atoms with Gasteiger partial charge in [-0.05, 0) is 50.1 Å². The van der Waals surface area contributed by atoms with E-state index in [1.54, 1.807) is 6.07 Å². The number of benzene rings is 1. The van der Waals surface area contributed by atoms with Crippen molar-refractivity contribution in [2.45, 2.75) is 33.0 Å². The first-order valence-electron chi connectivity index (χ1n) is 8.54. The first-order chi connectivity index (χ1) is 12.7. The number of carbonyl (C=O) groups excluding carboxylic acids is 1. The van der Waals surface area contributed by atoms with E-state index in [1.807, 2.05) is 25.2 Å². The van der Waals surface area contributed by atoms with Gasteiger partial charge in [-0.15, -0.1) is 0 Å². The smallest absolute Gasteiger partial charge is 0.366 e. The molecule has 1 aromatic heterocycles. The largest absolute Gasteiger partial charge is 0.416 e. The van der Waals surface area contributed by atoms with Crippen LogP contribution in [0.2, 0.25) is 0 Å². The molecule has 3 rings (SSSR count). The number of hydrogen-bond acceptors (Lipinski definition) is 3. The number of aromatic nitrogens is 1. The summed E-state index contributed by atoms with van der Waals surface area (Å²) in [6, 6.07) is 6.65. The number of ketones is 1. The second-order valence-electron chi connectivity index (χ2n) is 6.55. The van der Waals surface area contributed by atoms with Crippen molar-refractivity contribution in [2.75, 3.05) is 5.32 Å². The van der Waals surface area contributed by atoms with Crippen molar-refractivity contribution in [3.8, 4) is 0 Å². The lowest BCUT2D eigenvalue weighted by Gasteiger charge is -2.10. The number of rotatable bonds is 4. The fourth-order valence-corrected chi connectivity index (χ4v) is 2.85. The highest BCUT2D eigenvalue weighted by molar-refractivity contribution is 5.95. The number of nitrogens with zero attached hydrogens (tertiary/aromatic N) is 1. The molecular formula is C21H19F3N2O. The zero-order valence-electron chi connectivity index (χ0n) is 15.0. The van der Waals surface area contributed by atoms with Gasteiger partial charge in [0.05, 0.1) is 10.9 Å². The van der Waals surface area contributed by atoms with E-state index in [-0.39, 0.29) is 5.78 Å². The summed E-state index contributed by atoms with van der Waals surface area (Å²) in [5.74, 6) is 0.451. The molecule has 0 saturated heterocycles. The van der Waals surface area contributed by atoms with Gasteiger partial charge in [-0.2, -0.15) is 13.2 Å². The van der Waals surface area contributed by atoms with E-state index in [2.05, 4.69) is 10.3 Å². The minimum absolute atomic E-state index is 0.0598. The van der Waals surface area contributed by atoms with Crippen molar-refractivity contribution in [1.82, 2.24) is 4.98 Å². The maximum atomic E-state index is 12.6. The van der Waals surface area contributed by atoms with Gasteiger partial charge in [0.2, 0.25) is 0 Å². The fourth-order valence-electron chi connectivity index (χ4n) is 2.85. The van der Waals surface area contributed by atoms with Gasteiger partial charge in [0.15, 0.2) is 5.78 Å². The molecule has 1 N–H and O–H groups in total. The second-order valence-corrected chi connectivity index (χ2v) is 6.55. The Morgan fingerprint density at radius 1 is 1.19 bits per heavy atom. The van der Waals surface area contributed by atoms with E-state index in [0.717, 1.165) is 23.8 Å². The monoisotopic (exact) mass is 372 g/mol. The van der Waals surface area contributed by atoms with Crippen LogP contribution < -0.4 is 15.9 Å². The average molecular weight is 372 g/mol. The Labute approximate surface area is 154 Å². The lowest BCUT2D eigenvalue weighted by molar-refractivity contribution is -0.137. The van der Waals surface area contributed by atoms with Crippen LogP contribution in [0.5, 0.6) is 0 Å². The molecule has 1 aliphatic rings. The van der Waals surface area contributed by atoms with Crippen LogP contribution in [0.1, 0.15) is 41.8 Å². The minimum atomic E-state index is -4.35. The summed E-state index contributed by atoms with van der Waals surface area (Å²) < 4.78 is 37.9. The molecule has 0 radical (unpaired) electrons. The summed E-state index contributed by atoms with van der Waals surface area (Å²) >= 11 is 0. The van der Waals surface area contributed by atoms with Crippen LogP contribution >= 0.6 is 0 Å². The molecular weight excluding hydrogens is 353 g/mol. The Kier molecular flexibility index (Phi) is 5.17. The van der Waals surface area contributed by atoms with Crippen LogP contribution in [-0.2, 0) is 12.7 Å². The maximum Gasteiger partial charge on any atom is 0.416 e. The van der Waals surface area contributed by atoms with E-state index in [9.17, 15) is 18.0 Å². The Bertz CT molecular complexity index is 1020. The van der Waals surface area contributed by atoms with Crippen molar-refractivity contribution < 1.29 is 18.0 Å². The molecule has 0 atom stereocenters. The number of fused-ring (bicyclic) bond motifs is 1. The molecule has 3 nitrogen and oxygen atoms in total. The minimum Gasteiger partial charge on any atom is -0.366 e. The van der Waals surface area contributed by atoms with Gasteiger partial charge in [-0.1, -0.05) is 29.9 Å². The lowest BCUT2D eigenvalue weighted by Crippen LogP contribution is -2.33. The highest BCUT2D eigenvalue weighted by Gasteiger charge is 2.29. The lowest BCUT2D eigenvalue weighted by atomic mass is 10.1. The molecule has 0 fully saturated rings. The number of halogens is 3. The predicted molar refractivity (Wildman–Crippen MR) is 99.6 cm³/mol. The van der Waals surface area contributed by atoms with Crippen molar-refractivity contribution in [2.24, 2.45) is 0 Å². The van der Waals surface area contributed by atoms with E-state index < -0.39 is 11.7 Å². The van der Waals surface area contributed by atoms with Gasteiger partial charge in [-0.25, -0.2) is 4.98 Å². The topological polar surface area (TPSA) is 42.0 Å². The van der Waals surface area contributed by atoms with E-state index in [4.69, 9.17) is 0 Å². The molecule has 2 aromatic rings. The zero-order chi connectivity index (χ0) is 19.6. The van der Waals surface area contributed by atoms with Crippen LogP contribution in [-0.4, -0.2) is 10.8 Å². The van der Waals surface area contributed by atoms with Gasteiger partial charge in [0.1, 0.15) is 5.82 Å². The number of hydrogen-bond donors (Lipinski definition) is 1. The molecule has 27 heavy (non-hydrogen) atoms. The molecule has 140 valence electrons. The van der Waals surface area contributed by atoms with E-state index in [1.165, 1.54) is 24.6 Å². The van der Waals surface area contributed by atoms with Crippen molar-refractivity contribution in [3.63, 3.8) is 0 Å². The molecule has 0 saturated carbocycles. The number of allylic oxidation sites excluding steroid dienone is 2. The van der Waals surface area contributed by atoms with Gasteiger partial charge < -0.3 is 5.32 Å². The van der Waals surface area contributed by atoms with Crippen molar-refractivity contribution in [3.05, 3.63) is 69.2 Å². The normalized spacial score (nSPS) is 13.6. The number of anilines is 1. The number of nitrogens with one attached hydrogen (secondary N) is 1. The number of carbonyl (C=O) groups is 1. The maximum absolute atomic E-state index is 12.6. The second kappa shape index (κ2) is 7.39. The van der Waals surface area contributed by atoms with Gasteiger partial charge in [0.25, 0.3) is 0 Å². The summed E-state index contributed by atoms with van der Waals surface area (Å²) in [5.41, 5.74) is 1.76. The van der Waals surface area contributed by atoms with Crippen LogP contribution in [0, 0.1) is 0 Å². The van der Waals surface area contributed by atoms with Crippen molar-refractivity contribution in [1.29, 1.82) is 0 Å². The summed E-state index contributed by atoms with van der Waals surface area (Å²) in [6.45, 7) is 3.82. The van der Waals surface area contributed by atoms with Crippen LogP contribution in [0.3, 0.4) is 0 Å². The number of Topliss-reactive ketones (excluding diaryl/α,β-unsaturated/α-hetero) is 1. The summed E-state index contributed by atoms with van der Waals surface area (Å²) in [7, 11) is 0. The van der Waals surface area contributed by atoms with Crippen LogP contribution in [0.25, 0.3) is 12.2 Å². The standard InChI is InChI=1S/C21H19F3N2O/c1-13-3-9-17-18(14(2)27)11-20(26-19(17)10-4-13)25-12-15-5-7-16(8-6-15)21(22,23)24/h4-11H,3,12H2,1-2H3,(H,25,26). The van der Waals surface area contributed by atoms with Gasteiger partial charge in [0, 0.05) is 17.3 Å². The molecule has 1 aromatic carbocycles.